The van der Waals surface area contributed by atoms with Crippen LogP contribution in [-0.4, -0.2) is 12.5 Å². The molecule has 0 aromatic carbocycles. The van der Waals surface area contributed by atoms with Gasteiger partial charge in [0.1, 0.15) is 0 Å². The quantitative estimate of drug-likeness (QED) is 0.458. The molecule has 0 aliphatic heterocycles. The monoisotopic (exact) mass is 138 g/mol. The molecule has 3 nitrogen and oxygen atoms in total. The summed E-state index contributed by atoms with van der Waals surface area (Å²) >= 11 is 0. The highest BCUT2D eigenvalue weighted by molar-refractivity contribution is 5.87. The van der Waals surface area contributed by atoms with Crippen molar-refractivity contribution in [2.75, 3.05) is 6.54 Å². The molecule has 0 bridgehead atoms. The Bertz CT molecular complexity index is 167. The molecule has 10 heavy (non-hydrogen) atoms. The van der Waals surface area contributed by atoms with Gasteiger partial charge in [0.15, 0.2) is 0 Å². The van der Waals surface area contributed by atoms with Gasteiger partial charge < -0.3 is 5.32 Å². The van der Waals surface area contributed by atoms with Crippen molar-refractivity contribution in [2.45, 2.75) is 13.3 Å². The van der Waals surface area contributed by atoms with E-state index >= 15 is 0 Å². The van der Waals surface area contributed by atoms with Gasteiger partial charge in [0, 0.05) is 6.54 Å². The highest BCUT2D eigenvalue weighted by Crippen LogP contribution is 1.73. The molecule has 0 saturated carbocycles. The van der Waals surface area contributed by atoms with E-state index < -0.39 is 0 Å². The highest BCUT2D eigenvalue weighted by atomic mass is 16.1. The summed E-state index contributed by atoms with van der Waals surface area (Å²) in [6, 6.07) is 1.93. The Hall–Kier alpha value is -1.30. The fourth-order valence-electron chi connectivity index (χ4n) is 0.452. The van der Waals surface area contributed by atoms with Crippen molar-refractivity contribution in [3.8, 4) is 6.07 Å². The van der Waals surface area contributed by atoms with Gasteiger partial charge in [0.2, 0.25) is 5.91 Å². The minimum Gasteiger partial charge on any atom is -0.352 e. The Kier molecular flexibility index (Phi) is 5.07. The van der Waals surface area contributed by atoms with E-state index in [9.17, 15) is 4.79 Å². The van der Waals surface area contributed by atoms with Gasteiger partial charge in [-0.1, -0.05) is 6.08 Å². The number of amides is 1. The lowest BCUT2D eigenvalue weighted by Gasteiger charge is -1.94. The van der Waals surface area contributed by atoms with Crippen molar-refractivity contribution in [1.82, 2.24) is 5.32 Å². The maximum atomic E-state index is 10.6. The molecule has 0 radical (unpaired) electrons. The maximum absolute atomic E-state index is 10.6. The highest BCUT2D eigenvalue weighted by Gasteiger charge is 1.90. The van der Waals surface area contributed by atoms with Gasteiger partial charge in [0.05, 0.1) is 12.5 Å². The summed E-state index contributed by atoms with van der Waals surface area (Å²) in [6.45, 7) is 2.20. The number of nitrogens with zero attached hydrogens (tertiary/aromatic N) is 1. The van der Waals surface area contributed by atoms with Gasteiger partial charge in [0.25, 0.3) is 0 Å². The smallest absolute Gasteiger partial charge is 0.243 e. The lowest BCUT2D eigenvalue weighted by molar-refractivity contribution is -0.116. The number of nitriles is 1. The molecule has 0 aromatic rings. The average molecular weight is 138 g/mol. The Morgan fingerprint density at radius 1 is 1.80 bits per heavy atom. The molecule has 1 N–H and O–H groups in total. The predicted molar refractivity (Wildman–Crippen MR) is 38.1 cm³/mol. The molecule has 0 fully saturated rings. The molecular formula is C7H10N2O. The zero-order valence-electron chi connectivity index (χ0n) is 5.92. The third kappa shape index (κ3) is 4.85. The summed E-state index contributed by atoms with van der Waals surface area (Å²) in [7, 11) is 0. The van der Waals surface area contributed by atoms with E-state index in [1.807, 2.05) is 6.07 Å². The second-order valence-electron chi connectivity index (χ2n) is 1.70. The molecule has 0 spiro atoms. The van der Waals surface area contributed by atoms with Crippen molar-refractivity contribution in [3.05, 3.63) is 12.2 Å². The summed E-state index contributed by atoms with van der Waals surface area (Å²) in [4.78, 5) is 10.6. The first-order valence-corrected chi connectivity index (χ1v) is 3.08. The van der Waals surface area contributed by atoms with E-state index in [2.05, 4.69) is 5.32 Å². The Morgan fingerprint density at radius 2 is 2.50 bits per heavy atom. The van der Waals surface area contributed by atoms with Crippen LogP contribution in [0, 0.1) is 11.3 Å². The normalized spacial score (nSPS) is 9.20. The van der Waals surface area contributed by atoms with Crippen LogP contribution >= 0.6 is 0 Å². The molecule has 3 heteroatoms. The minimum absolute atomic E-state index is 0.141. The molecule has 0 aliphatic rings. The zero-order valence-corrected chi connectivity index (χ0v) is 5.92. The largest absolute Gasteiger partial charge is 0.352 e. The lowest BCUT2D eigenvalue weighted by atomic mass is 10.4. The van der Waals surface area contributed by atoms with Gasteiger partial charge in [-0.15, -0.1) is 0 Å². The fourth-order valence-corrected chi connectivity index (χ4v) is 0.452. The molecular weight excluding hydrogens is 128 g/mol. The Morgan fingerprint density at radius 3 is 3.00 bits per heavy atom. The van der Waals surface area contributed by atoms with Crippen molar-refractivity contribution in [1.29, 1.82) is 5.26 Å². The summed E-state index contributed by atoms with van der Waals surface area (Å²) in [6.07, 6.45) is 3.45. The van der Waals surface area contributed by atoms with Crippen LogP contribution in [0.2, 0.25) is 0 Å². The van der Waals surface area contributed by atoms with E-state index in [4.69, 9.17) is 5.26 Å². The van der Waals surface area contributed by atoms with Gasteiger partial charge in [-0.05, 0) is 13.0 Å². The predicted octanol–water partition coefficient (Wildman–Crippen LogP) is 0.592. The van der Waals surface area contributed by atoms with Gasteiger partial charge >= 0.3 is 0 Å². The number of carbonyl (C=O) groups is 1. The first kappa shape index (κ1) is 8.70. The molecule has 0 saturated heterocycles. The fraction of sp³-hybridized carbons (Fsp3) is 0.429. The molecule has 0 aliphatic carbocycles. The first-order valence-electron chi connectivity index (χ1n) is 3.08. The number of allylic oxidation sites excluding steroid dienone is 1. The van der Waals surface area contributed by atoms with Gasteiger partial charge in [-0.2, -0.15) is 5.26 Å². The van der Waals surface area contributed by atoms with Crippen LogP contribution in [0.4, 0.5) is 0 Å². The lowest BCUT2D eigenvalue weighted by Crippen LogP contribution is -2.21. The summed E-state index contributed by atoms with van der Waals surface area (Å²) in [5, 5.41) is 10.6. The molecule has 0 atom stereocenters. The number of carbonyl (C=O) groups excluding carboxylic acids is 1. The number of rotatable bonds is 3. The van der Waals surface area contributed by atoms with Crippen LogP contribution < -0.4 is 5.32 Å². The topological polar surface area (TPSA) is 52.9 Å². The molecule has 0 rings (SSSR count). The molecule has 0 unspecified atom stereocenters. The molecule has 0 aromatic heterocycles. The van der Waals surface area contributed by atoms with Crippen LogP contribution in [0.5, 0.6) is 0 Å². The van der Waals surface area contributed by atoms with Gasteiger partial charge in [-0.3, -0.25) is 4.79 Å². The standard InChI is InChI=1S/C7H10N2O/c1-2-4-7(10)9-6-3-5-8/h2,4H,3,6H2,1H3,(H,9,10). The third-order valence-corrected chi connectivity index (χ3v) is 0.854. The average Bonchev–Trinajstić information content (AvgIpc) is 1.89. The van der Waals surface area contributed by atoms with E-state index in [-0.39, 0.29) is 5.91 Å². The third-order valence-electron chi connectivity index (χ3n) is 0.854. The SMILES string of the molecule is CC=CC(=O)NCCC#N. The molecule has 54 valence electrons. The van der Waals surface area contributed by atoms with Crippen LogP contribution in [0.15, 0.2) is 12.2 Å². The maximum Gasteiger partial charge on any atom is 0.243 e. The summed E-state index contributed by atoms with van der Waals surface area (Å²) in [5.41, 5.74) is 0. The number of nitrogens with one attached hydrogen (secondary N) is 1. The van der Waals surface area contributed by atoms with Crippen LogP contribution in [0.1, 0.15) is 13.3 Å². The van der Waals surface area contributed by atoms with Crippen molar-refractivity contribution in [2.24, 2.45) is 0 Å². The Labute approximate surface area is 60.3 Å². The minimum atomic E-state index is -0.141. The van der Waals surface area contributed by atoms with Gasteiger partial charge in [-0.25, -0.2) is 0 Å². The van der Waals surface area contributed by atoms with Crippen molar-refractivity contribution >= 4 is 5.91 Å². The van der Waals surface area contributed by atoms with Crippen LogP contribution in [0.25, 0.3) is 0 Å². The number of hydrogen-bond acceptors (Lipinski definition) is 2. The van der Waals surface area contributed by atoms with E-state index in [0.717, 1.165) is 0 Å². The van der Waals surface area contributed by atoms with E-state index in [1.165, 1.54) is 6.08 Å². The summed E-state index contributed by atoms with van der Waals surface area (Å²) in [5.74, 6) is -0.141. The van der Waals surface area contributed by atoms with Crippen LogP contribution in [0.3, 0.4) is 0 Å². The zero-order chi connectivity index (χ0) is 7.82. The van der Waals surface area contributed by atoms with Crippen molar-refractivity contribution < 1.29 is 4.79 Å². The number of hydrogen-bond donors (Lipinski definition) is 1. The first-order chi connectivity index (χ1) is 4.81. The van der Waals surface area contributed by atoms with E-state index in [0.29, 0.717) is 13.0 Å². The van der Waals surface area contributed by atoms with Crippen LogP contribution in [-0.2, 0) is 4.79 Å². The van der Waals surface area contributed by atoms with E-state index in [1.54, 1.807) is 13.0 Å². The summed E-state index contributed by atoms with van der Waals surface area (Å²) < 4.78 is 0. The Balaban J connectivity index is 3.33. The second-order valence-corrected chi connectivity index (χ2v) is 1.70. The second kappa shape index (κ2) is 5.83. The molecule has 1 amide bonds. The molecule has 0 heterocycles. The van der Waals surface area contributed by atoms with Crippen molar-refractivity contribution in [3.63, 3.8) is 0 Å².